The van der Waals surface area contributed by atoms with Crippen LogP contribution in [-0.2, 0) is 0 Å². The number of carbonyl (C=O) groups is 1. The topological polar surface area (TPSA) is 71.6 Å². The Morgan fingerprint density at radius 2 is 1.62 bits per heavy atom. The fourth-order valence-corrected chi connectivity index (χ4v) is 2.62. The van der Waals surface area contributed by atoms with Crippen LogP contribution in [0.4, 0.5) is 5.69 Å². The number of nitrogens with one attached hydrogen (secondary N) is 3. The molecular weight excluding hydrogens is 421 g/mol. The average molecular weight is 435 g/mol. The second kappa shape index (κ2) is 9.14. The molecule has 0 radical (unpaired) electrons. The van der Waals surface area contributed by atoms with Crippen LogP contribution in [0, 0.1) is 0 Å². The maximum absolute atomic E-state index is 12.1. The van der Waals surface area contributed by atoms with Gasteiger partial charge in [0.25, 0.3) is 5.91 Å². The molecule has 0 fully saturated rings. The van der Waals surface area contributed by atoms with Crippen molar-refractivity contribution in [2.75, 3.05) is 19.5 Å². The molecule has 0 aliphatic carbocycles. The van der Waals surface area contributed by atoms with Crippen molar-refractivity contribution in [1.82, 2.24) is 10.9 Å². The zero-order valence-corrected chi connectivity index (χ0v) is 16.7. The van der Waals surface area contributed by atoms with Crippen molar-refractivity contribution in [3.05, 3.63) is 51.0 Å². The predicted molar refractivity (Wildman–Crippen MR) is 108 cm³/mol. The minimum atomic E-state index is -0.437. The van der Waals surface area contributed by atoms with Gasteiger partial charge < -0.3 is 14.8 Å². The first-order valence-electron chi connectivity index (χ1n) is 7.09. The van der Waals surface area contributed by atoms with Gasteiger partial charge in [-0.25, -0.2) is 0 Å². The van der Waals surface area contributed by atoms with E-state index in [-0.39, 0.29) is 10.1 Å². The number of hydrogen-bond donors (Lipinski definition) is 3. The van der Waals surface area contributed by atoms with Crippen LogP contribution < -0.4 is 25.6 Å². The molecule has 0 bridgehead atoms. The van der Waals surface area contributed by atoms with Crippen molar-refractivity contribution < 1.29 is 14.3 Å². The second-order valence-corrected chi connectivity index (χ2v) is 6.48. The highest BCUT2D eigenvalue weighted by Crippen LogP contribution is 2.35. The largest absolute Gasteiger partial charge is 0.495 e. The Kier molecular flexibility index (Phi) is 7.16. The van der Waals surface area contributed by atoms with Gasteiger partial charge in [-0.1, -0.05) is 34.8 Å². The number of amides is 1. The van der Waals surface area contributed by atoms with Crippen molar-refractivity contribution in [2.24, 2.45) is 0 Å². The molecule has 0 aliphatic rings. The van der Waals surface area contributed by atoms with E-state index in [1.807, 2.05) is 0 Å². The minimum Gasteiger partial charge on any atom is -0.495 e. The van der Waals surface area contributed by atoms with Gasteiger partial charge >= 0.3 is 0 Å². The van der Waals surface area contributed by atoms with E-state index in [4.69, 9.17) is 56.5 Å². The standard InChI is InChI=1S/C16H14Cl3N3O3S/c1-24-13-7-12(14(25-2)6-11(13)19)20-16(26)22-21-15(23)8-3-4-9(17)10(18)5-8/h3-7H,1-2H3,(H,21,23)(H2,20,22,26). The zero-order chi connectivity index (χ0) is 19.3. The van der Waals surface area contributed by atoms with E-state index in [9.17, 15) is 4.79 Å². The molecule has 3 N–H and O–H groups in total. The minimum absolute atomic E-state index is 0.126. The smallest absolute Gasteiger partial charge is 0.269 e. The molecule has 0 unspecified atom stereocenters. The van der Waals surface area contributed by atoms with Crippen molar-refractivity contribution in [1.29, 1.82) is 0 Å². The number of anilines is 1. The first-order valence-corrected chi connectivity index (χ1v) is 8.63. The number of hydrogen-bond acceptors (Lipinski definition) is 4. The van der Waals surface area contributed by atoms with Gasteiger partial charge in [0.1, 0.15) is 11.5 Å². The predicted octanol–water partition coefficient (Wildman–Crippen LogP) is 4.30. The van der Waals surface area contributed by atoms with Crippen LogP contribution in [0.15, 0.2) is 30.3 Å². The quantitative estimate of drug-likeness (QED) is 0.492. The lowest BCUT2D eigenvalue weighted by molar-refractivity contribution is 0.0944. The average Bonchev–Trinajstić information content (AvgIpc) is 2.62. The van der Waals surface area contributed by atoms with Gasteiger partial charge in [-0.15, -0.1) is 0 Å². The Morgan fingerprint density at radius 3 is 2.23 bits per heavy atom. The monoisotopic (exact) mass is 433 g/mol. The molecule has 0 atom stereocenters. The molecule has 6 nitrogen and oxygen atoms in total. The van der Waals surface area contributed by atoms with Gasteiger partial charge in [0, 0.05) is 17.7 Å². The van der Waals surface area contributed by atoms with Crippen molar-refractivity contribution >= 4 is 63.7 Å². The Balaban J connectivity index is 2.02. The first-order chi connectivity index (χ1) is 12.3. The third kappa shape index (κ3) is 5.04. The SMILES string of the molecule is COc1cc(NC(=S)NNC(=O)c2ccc(Cl)c(Cl)c2)c(OC)cc1Cl. The lowest BCUT2D eigenvalue weighted by Crippen LogP contribution is -2.43. The Labute approximate surface area is 170 Å². The highest BCUT2D eigenvalue weighted by Gasteiger charge is 2.12. The first kappa shape index (κ1) is 20.4. The summed E-state index contributed by atoms with van der Waals surface area (Å²) in [7, 11) is 2.98. The van der Waals surface area contributed by atoms with Crippen molar-refractivity contribution in [3.8, 4) is 11.5 Å². The molecule has 0 aliphatic heterocycles. The Morgan fingerprint density at radius 1 is 0.923 bits per heavy atom. The van der Waals surface area contributed by atoms with E-state index in [0.29, 0.717) is 32.8 Å². The number of benzene rings is 2. The normalized spacial score (nSPS) is 10.0. The summed E-state index contributed by atoms with van der Waals surface area (Å²) in [6, 6.07) is 7.72. The van der Waals surface area contributed by atoms with E-state index < -0.39 is 5.91 Å². The van der Waals surface area contributed by atoms with Crippen LogP contribution in [0.2, 0.25) is 15.1 Å². The molecule has 10 heteroatoms. The highest BCUT2D eigenvalue weighted by molar-refractivity contribution is 7.80. The molecule has 26 heavy (non-hydrogen) atoms. The number of methoxy groups -OCH3 is 2. The summed E-state index contributed by atoms with van der Waals surface area (Å²) in [4.78, 5) is 12.1. The number of hydrazine groups is 1. The second-order valence-electron chi connectivity index (χ2n) is 4.85. The molecule has 2 aromatic carbocycles. The van der Waals surface area contributed by atoms with Crippen LogP contribution in [0.3, 0.4) is 0 Å². The van der Waals surface area contributed by atoms with Crippen LogP contribution in [0.5, 0.6) is 11.5 Å². The summed E-state index contributed by atoms with van der Waals surface area (Å²) in [5.74, 6) is 0.460. The van der Waals surface area contributed by atoms with Crippen LogP contribution in [0.25, 0.3) is 0 Å². The lowest BCUT2D eigenvalue weighted by Gasteiger charge is -2.15. The summed E-state index contributed by atoms with van der Waals surface area (Å²) in [6.07, 6.45) is 0. The maximum Gasteiger partial charge on any atom is 0.269 e. The molecule has 2 rings (SSSR count). The summed E-state index contributed by atoms with van der Waals surface area (Å²) in [6.45, 7) is 0. The molecule has 0 heterocycles. The number of rotatable bonds is 4. The molecule has 1 amide bonds. The van der Waals surface area contributed by atoms with Crippen LogP contribution in [-0.4, -0.2) is 25.2 Å². The summed E-state index contributed by atoms with van der Waals surface area (Å²) >= 11 is 22.9. The van der Waals surface area contributed by atoms with E-state index in [2.05, 4.69) is 16.2 Å². The van der Waals surface area contributed by atoms with Gasteiger partial charge in [0.05, 0.1) is 35.0 Å². The number of carbonyl (C=O) groups excluding carboxylic acids is 1. The highest BCUT2D eigenvalue weighted by atomic mass is 35.5. The number of thiocarbonyl (C=S) groups is 1. The lowest BCUT2D eigenvalue weighted by atomic mass is 10.2. The summed E-state index contributed by atoms with van der Waals surface area (Å²) < 4.78 is 10.4. The molecule has 0 saturated carbocycles. The molecule has 0 saturated heterocycles. The molecule has 0 spiro atoms. The van der Waals surface area contributed by atoms with Gasteiger partial charge in [0.2, 0.25) is 0 Å². The summed E-state index contributed by atoms with van der Waals surface area (Å²) in [5, 5.41) is 4.04. The third-order valence-corrected chi connectivity index (χ3v) is 4.43. The van der Waals surface area contributed by atoms with Crippen molar-refractivity contribution in [3.63, 3.8) is 0 Å². The molecule has 138 valence electrons. The van der Waals surface area contributed by atoms with Crippen LogP contribution in [0.1, 0.15) is 10.4 Å². The Bertz CT molecular complexity index is 849. The van der Waals surface area contributed by atoms with Gasteiger partial charge in [0.15, 0.2) is 5.11 Å². The molecular formula is C16H14Cl3N3O3S. The molecule has 0 aromatic heterocycles. The van der Waals surface area contributed by atoms with Gasteiger partial charge in [-0.05, 0) is 30.4 Å². The number of halogens is 3. The number of ether oxygens (including phenoxy) is 2. The fourth-order valence-electron chi connectivity index (χ4n) is 1.93. The van der Waals surface area contributed by atoms with Crippen molar-refractivity contribution in [2.45, 2.75) is 0 Å². The van der Waals surface area contributed by atoms with E-state index >= 15 is 0 Å². The van der Waals surface area contributed by atoms with Crippen LogP contribution >= 0.6 is 47.0 Å². The van der Waals surface area contributed by atoms with Gasteiger partial charge in [-0.3, -0.25) is 15.6 Å². The van der Waals surface area contributed by atoms with E-state index in [0.717, 1.165) is 0 Å². The molecule has 2 aromatic rings. The van der Waals surface area contributed by atoms with Gasteiger partial charge in [-0.2, -0.15) is 0 Å². The zero-order valence-electron chi connectivity index (χ0n) is 13.7. The fraction of sp³-hybridized carbons (Fsp3) is 0.125. The van der Waals surface area contributed by atoms with E-state index in [1.54, 1.807) is 12.1 Å². The van der Waals surface area contributed by atoms with E-state index in [1.165, 1.54) is 32.4 Å². The maximum atomic E-state index is 12.1. The summed E-state index contributed by atoms with van der Waals surface area (Å²) in [5.41, 5.74) is 5.86. The third-order valence-electron chi connectivity index (χ3n) is 3.19. The Hall–Kier alpha value is -1.93.